The Bertz CT molecular complexity index is 4450. The van der Waals surface area contributed by atoms with E-state index in [2.05, 4.69) is 229 Å². The first-order valence-electron chi connectivity index (χ1n) is 43.0. The maximum atomic E-state index is 10.7. The van der Waals surface area contributed by atoms with Gasteiger partial charge in [-0.25, -0.2) is 16.8 Å². The number of hydrogen-bond donors (Lipinski definition) is 2. The van der Waals surface area contributed by atoms with Crippen molar-refractivity contribution in [3.8, 4) is 28.4 Å². The summed E-state index contributed by atoms with van der Waals surface area (Å²) in [5.41, 5.74) is 2.94. The fourth-order valence-electron chi connectivity index (χ4n) is 17.5. The second kappa shape index (κ2) is 66.0. The topological polar surface area (TPSA) is 464 Å². The van der Waals surface area contributed by atoms with Crippen LogP contribution in [0.1, 0.15) is 173 Å². The molecule has 38 heteroatoms. The molecule has 8 N–H and O–H groups in total. The van der Waals surface area contributed by atoms with Crippen molar-refractivity contribution in [1.82, 2.24) is 48.9 Å². The van der Waals surface area contributed by atoms with E-state index in [1.54, 1.807) is 92.3 Å². The first kappa shape index (κ1) is 148. The standard InChI is InChI=1S/5C10H20.5C9H7N2O3S.5CH3.5Ir.3H2O.2H/c5*1-6-7(2)9(4)10(5)8(6)3;5*12-15(13,14)9-4-2-8(3-5-9)11-7-1-6-10-11;;;;;;;;;;;;;;;/h5*6-10H,1-5H3;5*1-2,4-7H,(H,12,13,14);5*1H3;;;;;;3*1H2;;/q;;;;;10*-1;;;;2*+2;;;;;/p-3. The van der Waals surface area contributed by atoms with Gasteiger partial charge in [0.05, 0.1) is 30.4 Å². The fraction of sp³-hybridized carbons (Fsp3) is 0.500. The molecule has 0 atom stereocenters. The molecule has 138 heavy (non-hydrogen) atoms. The second-order valence-electron chi connectivity index (χ2n) is 35.6. The summed E-state index contributed by atoms with van der Waals surface area (Å²) in [7, 11) is -21.5. The van der Waals surface area contributed by atoms with Crippen molar-refractivity contribution in [1.29, 1.82) is 0 Å². The molecule has 28 nitrogen and oxygen atoms in total. The average Bonchev–Trinajstić information content (AvgIpc) is 1.59. The van der Waals surface area contributed by atoms with Crippen molar-refractivity contribution in [2.45, 2.75) is 198 Å². The van der Waals surface area contributed by atoms with Crippen LogP contribution in [0, 0.1) is 215 Å². The first-order valence-corrected chi connectivity index (χ1v) is 50.1. The Labute approximate surface area is 897 Å². The summed E-state index contributed by atoms with van der Waals surface area (Å²) in [5.74, 6) is 23.4. The molecular formula is C100H155Ir5N10O18S5-9. The molecular weight excluding hydrogens is 2750 g/mol. The molecule has 5 aliphatic rings. The number of aromatic nitrogens is 10. The predicted octanol–water partition coefficient (Wildman–Crippen LogP) is 18.7. The molecule has 0 amide bonds. The minimum Gasteiger partial charge on any atom is 0 e. The molecule has 5 heterocycles. The molecule has 15 rings (SSSR count). The second-order valence-corrected chi connectivity index (χ2v) is 42.6. The van der Waals surface area contributed by atoms with Crippen molar-refractivity contribution >= 4 is 50.6 Å². The maximum Gasteiger partial charge on any atom is 0 e. The van der Waals surface area contributed by atoms with Gasteiger partial charge in [-0.3, -0.25) is 57.8 Å². The van der Waals surface area contributed by atoms with Crippen LogP contribution >= 0.6 is 0 Å². The third-order valence-electron chi connectivity index (χ3n) is 29.8. The molecule has 5 radical (unpaired) electrons. The molecule has 5 aromatic heterocycles. The number of hydrogen-bond acceptors (Lipinski definition) is 18. The third-order valence-corrected chi connectivity index (χ3v) is 34.0. The number of benzene rings is 5. The summed E-state index contributed by atoms with van der Waals surface area (Å²) in [6, 6.07) is 41.6. The Balaban J connectivity index is -0.000000226. The summed E-state index contributed by atoms with van der Waals surface area (Å²) < 4.78 is 164. The van der Waals surface area contributed by atoms with Crippen molar-refractivity contribution in [3.05, 3.63) is 251 Å². The Hall–Kier alpha value is -5.17. The van der Waals surface area contributed by atoms with Crippen LogP contribution in [0.3, 0.4) is 0 Å². The van der Waals surface area contributed by atoms with Crippen molar-refractivity contribution < 1.29 is 182 Å². The van der Waals surface area contributed by atoms with Gasteiger partial charge >= 0.3 is 40.2 Å². The fourth-order valence-corrected chi connectivity index (χ4v) is 19.7. The zero-order valence-corrected chi connectivity index (χ0v) is 102. The van der Waals surface area contributed by atoms with Crippen molar-refractivity contribution in [2.75, 3.05) is 0 Å². The normalized spacial score (nSPS) is 26.4. The van der Waals surface area contributed by atoms with Crippen LogP contribution in [-0.4, -0.2) is 130 Å². The van der Waals surface area contributed by atoms with Crippen LogP contribution in [0.15, 0.2) is 208 Å². The summed E-state index contributed by atoms with van der Waals surface area (Å²) >= 11 is 0. The van der Waals surface area contributed by atoms with E-state index in [-0.39, 0.29) is 179 Å². The Morgan fingerprint density at radius 2 is 0.341 bits per heavy atom. The van der Waals surface area contributed by atoms with E-state index in [4.69, 9.17) is 9.11 Å². The van der Waals surface area contributed by atoms with Crippen LogP contribution in [0.4, 0.5) is 0 Å². The molecule has 5 saturated carbocycles. The van der Waals surface area contributed by atoms with Gasteiger partial charge in [-0.05, 0) is 217 Å². The minimum absolute atomic E-state index is 0. The molecule has 797 valence electrons. The van der Waals surface area contributed by atoms with Crippen LogP contribution in [0.25, 0.3) is 28.4 Å². The zero-order chi connectivity index (χ0) is 93.9. The van der Waals surface area contributed by atoms with Gasteiger partial charge in [0.2, 0.25) is 20.2 Å². The van der Waals surface area contributed by atoms with Gasteiger partial charge in [0.1, 0.15) is 0 Å². The van der Waals surface area contributed by atoms with Gasteiger partial charge < -0.3 is 67.2 Å². The smallest absolute Gasteiger partial charge is 0 e. The van der Waals surface area contributed by atoms with Crippen LogP contribution in [0.2, 0.25) is 0 Å². The SMILES string of the molecule is CC1C(C)C(C)C(C)C1C.CC1C(C)C(C)C(C)C1C.CC1C(C)C(C)C(C)C1C.CC1C(C)C(C)C(C)C1C.CC1C(C)C(C)C(C)C1C.O.O.O.O=S(=O)(O)c1c[c-]c(-n2cccn2)cc1.O=S(=O)(O)c1c[c-]c(-n2cccn2)cc1.O=S(=O)([O-])c1c[c-]c(-n2cccn2)cc1.O=S(=O)([O-])c1c[c-]c(-n2cccn2)cc1.O=S(=O)([O-])c1c[c-]c(-n2cccn2)cc1.[CH3-].[CH3-].[CH3-].[CH3-].[CH3-].[IrH+2].[IrH+2].[Ir].[Ir].[Ir]. The molecule has 0 aliphatic heterocycles. The zero-order valence-electron chi connectivity index (χ0n) is 85.2. The van der Waals surface area contributed by atoms with E-state index < -0.39 is 50.6 Å². The third kappa shape index (κ3) is 41.7. The largest absolute Gasteiger partial charge is 0 e. The van der Waals surface area contributed by atoms with Gasteiger partial charge in [0.15, 0.2) is 0 Å². The maximum absolute atomic E-state index is 10.7. The first-order chi connectivity index (χ1) is 58.1. The molecule has 10 aromatic rings. The Kier molecular flexibility index (Phi) is 70.9. The molecule has 5 fully saturated rings. The monoisotopic (exact) mass is 2910 g/mol. The Morgan fingerprint density at radius 3 is 0.413 bits per heavy atom. The van der Waals surface area contributed by atoms with E-state index in [9.17, 15) is 55.7 Å². The molecule has 0 spiro atoms. The molecule has 0 saturated heterocycles. The van der Waals surface area contributed by atoms with E-state index in [0.717, 1.165) is 166 Å². The number of nitrogens with zero attached hydrogens (tertiary/aromatic N) is 10. The van der Waals surface area contributed by atoms with Gasteiger partial charge in [0, 0.05) is 122 Å². The van der Waals surface area contributed by atoms with Gasteiger partial charge in [-0.2, -0.15) is 116 Å². The minimum atomic E-state index is -4.40. The van der Waals surface area contributed by atoms with Gasteiger partial charge in [-0.15, -0.1) is 30.3 Å². The van der Waals surface area contributed by atoms with Crippen LogP contribution in [0.5, 0.6) is 0 Å². The van der Waals surface area contributed by atoms with E-state index >= 15 is 0 Å². The summed E-state index contributed by atoms with van der Waals surface area (Å²) in [4.78, 5) is -1.24. The summed E-state index contributed by atoms with van der Waals surface area (Å²) in [5, 5.41) is 19.7. The average molecular weight is 2910 g/mol. The van der Waals surface area contributed by atoms with Gasteiger partial charge in [0.25, 0.3) is 0 Å². The predicted molar refractivity (Wildman–Crippen MR) is 530 cm³/mol. The van der Waals surface area contributed by atoms with Crippen LogP contribution < -0.4 is 0 Å². The quantitative estimate of drug-likeness (QED) is 0.0948. The molecule has 0 bridgehead atoms. The Morgan fingerprint density at radius 1 is 0.232 bits per heavy atom. The summed E-state index contributed by atoms with van der Waals surface area (Å²) in [6.45, 7) is 60.0. The van der Waals surface area contributed by atoms with Crippen molar-refractivity contribution in [3.63, 3.8) is 0 Å². The molecule has 5 aliphatic carbocycles. The van der Waals surface area contributed by atoms with Crippen molar-refractivity contribution in [2.24, 2.45) is 148 Å². The molecule has 5 aromatic carbocycles. The van der Waals surface area contributed by atoms with Gasteiger partial charge in [-0.1, -0.05) is 188 Å². The van der Waals surface area contributed by atoms with E-state index in [1.807, 2.05) is 0 Å². The molecule has 0 unspecified atom stereocenters. The van der Waals surface area contributed by atoms with E-state index in [0.29, 0.717) is 28.4 Å². The van der Waals surface area contributed by atoms with E-state index in [1.165, 1.54) is 96.2 Å². The van der Waals surface area contributed by atoms with Crippen LogP contribution in [-0.2, 0) is 151 Å². The summed E-state index contributed by atoms with van der Waals surface area (Å²) in [6.07, 6.45) is 16.5. The number of rotatable bonds is 10.